The number of hydrogen-bond donors (Lipinski definition) is 2. The Hall–Kier alpha value is -1.77. The van der Waals surface area contributed by atoms with Crippen LogP contribution in [-0.4, -0.2) is 6.03 Å². The van der Waals surface area contributed by atoms with Gasteiger partial charge in [-0.1, -0.05) is 37.1 Å². The number of carbonyl (C=O) groups excluding carboxylic acids is 1. The van der Waals surface area contributed by atoms with Crippen LogP contribution in [0.2, 0.25) is 0 Å². The predicted octanol–water partition coefficient (Wildman–Crippen LogP) is 4.13. The van der Waals surface area contributed by atoms with E-state index in [2.05, 4.69) is 16.7 Å². The van der Waals surface area contributed by atoms with Gasteiger partial charge in [0.1, 0.15) is 0 Å². The van der Waals surface area contributed by atoms with Crippen molar-refractivity contribution >= 4 is 11.7 Å². The average molecular weight is 258 g/mol. The number of benzene rings is 1. The van der Waals surface area contributed by atoms with Gasteiger partial charge < -0.3 is 10.6 Å². The molecule has 0 aromatic heterocycles. The van der Waals surface area contributed by atoms with E-state index in [1.54, 1.807) is 6.20 Å². The summed E-state index contributed by atoms with van der Waals surface area (Å²) < 4.78 is 0. The first-order chi connectivity index (χ1) is 9.16. The molecule has 1 aliphatic rings. The molecule has 0 unspecified atom stereocenters. The highest BCUT2D eigenvalue weighted by Crippen LogP contribution is 2.25. The van der Waals surface area contributed by atoms with Crippen LogP contribution in [-0.2, 0) is 0 Å². The highest BCUT2D eigenvalue weighted by molar-refractivity contribution is 5.91. The quantitative estimate of drug-likeness (QED) is 0.841. The Morgan fingerprint density at radius 1 is 1.21 bits per heavy atom. The van der Waals surface area contributed by atoms with Crippen LogP contribution in [0.5, 0.6) is 0 Å². The molecule has 1 aliphatic carbocycles. The summed E-state index contributed by atoms with van der Waals surface area (Å²) in [4.78, 5) is 11.8. The molecule has 3 nitrogen and oxygen atoms in total. The third kappa shape index (κ3) is 3.85. The molecule has 19 heavy (non-hydrogen) atoms. The fourth-order valence-electron chi connectivity index (χ4n) is 2.57. The topological polar surface area (TPSA) is 41.1 Å². The minimum absolute atomic E-state index is 0.174. The molecule has 102 valence electrons. The highest BCUT2D eigenvalue weighted by atomic mass is 16.2. The van der Waals surface area contributed by atoms with E-state index >= 15 is 0 Å². The standard InChI is InChI=1S/C16H22N2O/c1-12-6-5-7-13(2)15(12)18-16(19)17-11-10-14-8-3-4-9-14/h5-7,10-11,14H,3-4,8-9H2,1-2H3,(H2,17,18,19)/b11-10+. The van der Waals surface area contributed by atoms with Gasteiger partial charge in [-0.15, -0.1) is 0 Å². The lowest BCUT2D eigenvalue weighted by atomic mass is 10.1. The van der Waals surface area contributed by atoms with Gasteiger partial charge in [0.15, 0.2) is 0 Å². The largest absolute Gasteiger partial charge is 0.323 e. The Labute approximate surface area is 115 Å². The number of anilines is 1. The van der Waals surface area contributed by atoms with E-state index in [0.29, 0.717) is 5.92 Å². The number of para-hydroxylation sites is 1. The van der Waals surface area contributed by atoms with Crippen LogP contribution in [0.25, 0.3) is 0 Å². The SMILES string of the molecule is Cc1cccc(C)c1NC(=O)N/C=C/C1CCCC1. The van der Waals surface area contributed by atoms with Crippen molar-refractivity contribution in [3.8, 4) is 0 Å². The molecule has 0 radical (unpaired) electrons. The second-order valence-electron chi connectivity index (χ2n) is 5.27. The van der Waals surface area contributed by atoms with Gasteiger partial charge in [0.25, 0.3) is 0 Å². The second-order valence-corrected chi connectivity index (χ2v) is 5.27. The lowest BCUT2D eigenvalue weighted by molar-refractivity contribution is 0.255. The van der Waals surface area contributed by atoms with Crippen LogP contribution in [0.4, 0.5) is 10.5 Å². The molecule has 1 aromatic rings. The summed E-state index contributed by atoms with van der Waals surface area (Å²) in [6.45, 7) is 3.99. The summed E-state index contributed by atoms with van der Waals surface area (Å²) in [6.07, 6.45) is 9.00. The smallest absolute Gasteiger partial charge is 0.315 e. The van der Waals surface area contributed by atoms with Crippen molar-refractivity contribution in [1.29, 1.82) is 0 Å². The zero-order valence-electron chi connectivity index (χ0n) is 11.7. The van der Waals surface area contributed by atoms with E-state index in [9.17, 15) is 4.79 Å². The Morgan fingerprint density at radius 2 is 1.84 bits per heavy atom. The zero-order valence-corrected chi connectivity index (χ0v) is 11.7. The number of urea groups is 1. The summed E-state index contributed by atoms with van der Waals surface area (Å²) in [6, 6.07) is 5.81. The first-order valence-electron chi connectivity index (χ1n) is 6.97. The zero-order chi connectivity index (χ0) is 13.7. The average Bonchev–Trinajstić information content (AvgIpc) is 2.87. The fourth-order valence-corrected chi connectivity index (χ4v) is 2.57. The van der Waals surface area contributed by atoms with Crippen molar-refractivity contribution in [3.63, 3.8) is 0 Å². The van der Waals surface area contributed by atoms with Crippen LogP contribution in [0, 0.1) is 19.8 Å². The molecule has 1 fully saturated rings. The molecule has 0 spiro atoms. The maximum Gasteiger partial charge on any atom is 0.323 e. The minimum Gasteiger partial charge on any atom is -0.315 e. The highest BCUT2D eigenvalue weighted by Gasteiger charge is 2.11. The number of amides is 2. The van der Waals surface area contributed by atoms with Crippen LogP contribution in [0.1, 0.15) is 36.8 Å². The number of rotatable bonds is 3. The molecule has 0 saturated heterocycles. The van der Waals surface area contributed by atoms with Crippen molar-refractivity contribution < 1.29 is 4.79 Å². The summed E-state index contributed by atoms with van der Waals surface area (Å²) in [7, 11) is 0. The maximum absolute atomic E-state index is 11.8. The number of aryl methyl sites for hydroxylation is 2. The van der Waals surface area contributed by atoms with Crippen LogP contribution >= 0.6 is 0 Å². The van der Waals surface area contributed by atoms with Gasteiger partial charge in [-0.05, 0) is 43.7 Å². The van der Waals surface area contributed by atoms with Gasteiger partial charge in [-0.3, -0.25) is 0 Å². The van der Waals surface area contributed by atoms with Gasteiger partial charge in [-0.25, -0.2) is 4.79 Å². The van der Waals surface area contributed by atoms with Crippen molar-refractivity contribution in [2.45, 2.75) is 39.5 Å². The summed E-state index contributed by atoms with van der Waals surface area (Å²) in [5.74, 6) is 0.639. The normalized spacial score (nSPS) is 15.9. The Bertz CT molecular complexity index is 453. The van der Waals surface area contributed by atoms with Crippen molar-refractivity contribution in [1.82, 2.24) is 5.32 Å². The van der Waals surface area contributed by atoms with Crippen molar-refractivity contribution in [2.24, 2.45) is 5.92 Å². The van der Waals surface area contributed by atoms with E-state index in [1.165, 1.54) is 25.7 Å². The number of carbonyl (C=O) groups is 1. The molecule has 1 aromatic carbocycles. The molecule has 3 heteroatoms. The van der Waals surface area contributed by atoms with Gasteiger partial charge in [0.2, 0.25) is 0 Å². The number of nitrogens with one attached hydrogen (secondary N) is 2. The molecule has 0 bridgehead atoms. The molecule has 0 aliphatic heterocycles. The van der Waals surface area contributed by atoms with Crippen LogP contribution < -0.4 is 10.6 Å². The van der Waals surface area contributed by atoms with E-state index in [0.717, 1.165) is 16.8 Å². The van der Waals surface area contributed by atoms with E-state index in [4.69, 9.17) is 0 Å². The summed E-state index contributed by atoms with van der Waals surface area (Å²) >= 11 is 0. The molecule has 2 N–H and O–H groups in total. The van der Waals surface area contributed by atoms with E-state index < -0.39 is 0 Å². The molecular weight excluding hydrogens is 236 g/mol. The first-order valence-corrected chi connectivity index (χ1v) is 6.97. The Balaban J connectivity index is 1.87. The molecule has 1 saturated carbocycles. The molecule has 2 amide bonds. The van der Waals surface area contributed by atoms with Gasteiger partial charge in [0.05, 0.1) is 0 Å². The minimum atomic E-state index is -0.174. The summed E-state index contributed by atoms with van der Waals surface area (Å²) in [5, 5.41) is 5.68. The van der Waals surface area contributed by atoms with Crippen LogP contribution in [0.15, 0.2) is 30.5 Å². The number of allylic oxidation sites excluding steroid dienone is 1. The fraction of sp³-hybridized carbons (Fsp3) is 0.438. The van der Waals surface area contributed by atoms with Gasteiger partial charge in [-0.2, -0.15) is 0 Å². The first kappa shape index (κ1) is 13.7. The lowest BCUT2D eigenvalue weighted by Crippen LogP contribution is -2.24. The summed E-state index contributed by atoms with van der Waals surface area (Å²) in [5.41, 5.74) is 3.05. The maximum atomic E-state index is 11.8. The van der Waals surface area contributed by atoms with E-state index in [-0.39, 0.29) is 6.03 Å². The van der Waals surface area contributed by atoms with E-state index in [1.807, 2.05) is 32.0 Å². The number of hydrogen-bond acceptors (Lipinski definition) is 1. The third-order valence-electron chi connectivity index (χ3n) is 3.70. The van der Waals surface area contributed by atoms with Gasteiger partial charge in [0, 0.05) is 11.9 Å². The molecule has 0 heterocycles. The molecular formula is C16H22N2O. The van der Waals surface area contributed by atoms with Crippen LogP contribution in [0.3, 0.4) is 0 Å². The van der Waals surface area contributed by atoms with Gasteiger partial charge >= 0.3 is 6.03 Å². The molecule has 2 rings (SSSR count). The Kier molecular flexibility index (Phi) is 4.61. The van der Waals surface area contributed by atoms with Crippen molar-refractivity contribution in [2.75, 3.05) is 5.32 Å². The predicted molar refractivity (Wildman–Crippen MR) is 79.2 cm³/mol. The third-order valence-corrected chi connectivity index (χ3v) is 3.70. The van der Waals surface area contributed by atoms with Crippen molar-refractivity contribution in [3.05, 3.63) is 41.6 Å². The second kappa shape index (κ2) is 6.41. The monoisotopic (exact) mass is 258 g/mol. The molecule has 0 atom stereocenters. The Morgan fingerprint density at radius 3 is 2.47 bits per heavy atom. The lowest BCUT2D eigenvalue weighted by Gasteiger charge is -2.11.